The summed E-state index contributed by atoms with van der Waals surface area (Å²) in [6.07, 6.45) is -2.95. The summed E-state index contributed by atoms with van der Waals surface area (Å²) in [5, 5.41) is 0. The van der Waals surface area contributed by atoms with Crippen LogP contribution in [0.5, 0.6) is 0 Å². The summed E-state index contributed by atoms with van der Waals surface area (Å²) in [4.78, 5) is -2.06. The number of hydrogen-bond donors (Lipinski definition) is 0. The highest BCUT2D eigenvalue weighted by atomic mass is 32.2. The van der Waals surface area contributed by atoms with Crippen molar-refractivity contribution >= 4 is 11.8 Å². The fraction of sp³-hybridized carbons (Fsp3) is 1.00. The number of thioether (sulfide) groups is 1. The normalized spacial score (nSPS) is 18.6. The maximum absolute atomic E-state index is 12.0. The zero-order chi connectivity index (χ0) is 8.41. The maximum atomic E-state index is 12.0. The molecule has 1 atom stereocenters. The number of halogens is 3. The van der Waals surface area contributed by atoms with Crippen LogP contribution < -0.4 is 0 Å². The molecular weight excluding hydrogens is 165 g/mol. The van der Waals surface area contributed by atoms with Crippen LogP contribution in [0.4, 0.5) is 13.2 Å². The van der Waals surface area contributed by atoms with E-state index in [-0.39, 0.29) is 0 Å². The zero-order valence-electron chi connectivity index (χ0n) is 5.95. The van der Waals surface area contributed by atoms with Crippen LogP contribution in [0.2, 0.25) is 0 Å². The Morgan fingerprint density at radius 1 is 1.30 bits per heavy atom. The van der Waals surface area contributed by atoms with Crippen molar-refractivity contribution in [3.05, 3.63) is 0 Å². The highest BCUT2D eigenvalue weighted by Gasteiger charge is 2.51. The molecule has 0 heterocycles. The van der Waals surface area contributed by atoms with Crippen LogP contribution in [-0.4, -0.2) is 24.5 Å². The predicted molar refractivity (Wildman–Crippen MR) is 35.0 cm³/mol. The highest BCUT2D eigenvalue weighted by Crippen LogP contribution is 2.40. The standard InChI is InChI=1S/C5H9F3OS/c1-4(9-2,10-3)5(6,7)8/h1-3H3. The molecule has 0 amide bonds. The molecule has 5 heteroatoms. The third-order valence-corrected chi connectivity index (χ3v) is 2.47. The van der Waals surface area contributed by atoms with Gasteiger partial charge in [-0.1, -0.05) is 0 Å². The fourth-order valence-electron chi connectivity index (χ4n) is 0.315. The Bertz CT molecular complexity index is 108. The van der Waals surface area contributed by atoms with Crippen LogP contribution in [0.3, 0.4) is 0 Å². The van der Waals surface area contributed by atoms with Crippen LogP contribution in [0, 0.1) is 0 Å². The first kappa shape index (κ1) is 10.1. The molecule has 0 saturated carbocycles. The second kappa shape index (κ2) is 3.00. The van der Waals surface area contributed by atoms with Gasteiger partial charge in [0, 0.05) is 7.11 Å². The third kappa shape index (κ3) is 1.79. The van der Waals surface area contributed by atoms with Crippen molar-refractivity contribution in [2.24, 2.45) is 0 Å². The lowest BCUT2D eigenvalue weighted by molar-refractivity contribution is -0.222. The molecule has 0 aliphatic heterocycles. The smallest absolute Gasteiger partial charge is 0.359 e. The molecular formula is C5H9F3OS. The average Bonchev–Trinajstić information content (AvgIpc) is 1.84. The van der Waals surface area contributed by atoms with Gasteiger partial charge >= 0.3 is 6.18 Å². The summed E-state index contributed by atoms with van der Waals surface area (Å²) >= 11 is 0.632. The molecule has 0 N–H and O–H groups in total. The lowest BCUT2D eigenvalue weighted by Gasteiger charge is -2.27. The molecule has 1 unspecified atom stereocenters. The molecule has 0 aromatic carbocycles. The van der Waals surface area contributed by atoms with Crippen molar-refractivity contribution in [3.63, 3.8) is 0 Å². The van der Waals surface area contributed by atoms with E-state index in [0.717, 1.165) is 14.0 Å². The first-order chi connectivity index (χ1) is 4.37. The largest absolute Gasteiger partial charge is 0.426 e. The van der Waals surface area contributed by atoms with E-state index in [1.165, 1.54) is 6.26 Å². The van der Waals surface area contributed by atoms with E-state index in [0.29, 0.717) is 11.8 Å². The Hall–Kier alpha value is 0.100. The van der Waals surface area contributed by atoms with Gasteiger partial charge in [0.2, 0.25) is 4.93 Å². The van der Waals surface area contributed by atoms with Crippen LogP contribution in [0.1, 0.15) is 6.92 Å². The van der Waals surface area contributed by atoms with Gasteiger partial charge in [-0.25, -0.2) is 0 Å². The molecule has 0 radical (unpaired) electrons. The predicted octanol–water partition coefficient (Wildman–Crippen LogP) is 2.27. The Morgan fingerprint density at radius 2 is 1.70 bits per heavy atom. The van der Waals surface area contributed by atoms with Gasteiger partial charge in [-0.05, 0) is 13.2 Å². The SMILES string of the molecule is COC(C)(SC)C(F)(F)F. The van der Waals surface area contributed by atoms with Crippen LogP contribution >= 0.6 is 11.8 Å². The first-order valence-corrected chi connectivity index (χ1v) is 3.77. The Morgan fingerprint density at radius 3 is 1.70 bits per heavy atom. The van der Waals surface area contributed by atoms with Crippen molar-refractivity contribution < 1.29 is 17.9 Å². The summed E-state index contributed by atoms with van der Waals surface area (Å²) in [7, 11) is 1.05. The summed E-state index contributed by atoms with van der Waals surface area (Å²) in [6, 6.07) is 0. The first-order valence-electron chi connectivity index (χ1n) is 2.54. The van der Waals surface area contributed by atoms with Crippen molar-refractivity contribution in [2.45, 2.75) is 18.0 Å². The van der Waals surface area contributed by atoms with Gasteiger partial charge in [-0.2, -0.15) is 13.2 Å². The second-order valence-electron chi connectivity index (χ2n) is 1.85. The molecule has 62 valence electrons. The van der Waals surface area contributed by atoms with Gasteiger partial charge < -0.3 is 4.74 Å². The number of ether oxygens (including phenoxy) is 1. The van der Waals surface area contributed by atoms with Crippen LogP contribution in [-0.2, 0) is 4.74 Å². The van der Waals surface area contributed by atoms with E-state index in [9.17, 15) is 13.2 Å². The van der Waals surface area contributed by atoms with Gasteiger partial charge in [0.1, 0.15) is 0 Å². The second-order valence-corrected chi connectivity index (χ2v) is 3.04. The Balaban J connectivity index is 4.33. The van der Waals surface area contributed by atoms with Gasteiger partial charge in [-0.3, -0.25) is 0 Å². The van der Waals surface area contributed by atoms with E-state index < -0.39 is 11.1 Å². The minimum Gasteiger partial charge on any atom is -0.359 e. The zero-order valence-corrected chi connectivity index (χ0v) is 6.77. The topological polar surface area (TPSA) is 9.23 Å². The molecule has 0 saturated heterocycles. The summed E-state index contributed by atoms with van der Waals surface area (Å²) in [5.41, 5.74) is 0. The van der Waals surface area contributed by atoms with Gasteiger partial charge in [0.05, 0.1) is 0 Å². The molecule has 0 aliphatic rings. The molecule has 1 nitrogen and oxygen atoms in total. The number of hydrogen-bond acceptors (Lipinski definition) is 2. The lowest BCUT2D eigenvalue weighted by Crippen LogP contribution is -2.40. The van der Waals surface area contributed by atoms with Crippen molar-refractivity contribution in [1.82, 2.24) is 0 Å². The van der Waals surface area contributed by atoms with Crippen molar-refractivity contribution in [3.8, 4) is 0 Å². The molecule has 0 spiro atoms. The molecule has 0 aromatic heterocycles. The maximum Gasteiger partial charge on any atom is 0.426 e. The van der Waals surface area contributed by atoms with Crippen molar-refractivity contribution in [2.75, 3.05) is 13.4 Å². The summed E-state index contributed by atoms with van der Waals surface area (Å²) < 4.78 is 40.2. The Kier molecular flexibility index (Phi) is 3.03. The number of methoxy groups -OCH3 is 1. The van der Waals surface area contributed by atoms with E-state index in [1.54, 1.807) is 0 Å². The molecule has 0 aliphatic carbocycles. The van der Waals surface area contributed by atoms with Gasteiger partial charge in [0.25, 0.3) is 0 Å². The van der Waals surface area contributed by atoms with E-state index >= 15 is 0 Å². The summed E-state index contributed by atoms with van der Waals surface area (Å²) in [5.74, 6) is 0. The molecule has 0 bridgehead atoms. The molecule has 10 heavy (non-hydrogen) atoms. The minimum absolute atomic E-state index is 0.632. The Labute approximate surface area is 61.9 Å². The molecule has 0 aromatic rings. The molecule has 0 rings (SSSR count). The summed E-state index contributed by atoms with van der Waals surface area (Å²) in [6.45, 7) is 0.998. The van der Waals surface area contributed by atoms with E-state index in [1.807, 2.05) is 0 Å². The van der Waals surface area contributed by atoms with Crippen LogP contribution in [0.25, 0.3) is 0 Å². The van der Waals surface area contributed by atoms with E-state index in [2.05, 4.69) is 4.74 Å². The van der Waals surface area contributed by atoms with Crippen LogP contribution in [0.15, 0.2) is 0 Å². The number of rotatable bonds is 2. The highest BCUT2D eigenvalue weighted by molar-refractivity contribution is 7.99. The number of alkyl halides is 3. The van der Waals surface area contributed by atoms with E-state index in [4.69, 9.17) is 0 Å². The fourth-order valence-corrected chi connectivity index (χ4v) is 0.713. The monoisotopic (exact) mass is 174 g/mol. The quantitative estimate of drug-likeness (QED) is 0.594. The van der Waals surface area contributed by atoms with Gasteiger partial charge in [0.15, 0.2) is 0 Å². The minimum atomic E-state index is -4.30. The third-order valence-electron chi connectivity index (χ3n) is 1.29. The van der Waals surface area contributed by atoms with Crippen molar-refractivity contribution in [1.29, 1.82) is 0 Å². The van der Waals surface area contributed by atoms with Gasteiger partial charge in [-0.15, -0.1) is 11.8 Å². The lowest BCUT2D eigenvalue weighted by atomic mass is 10.4. The average molecular weight is 174 g/mol. The molecule has 0 fully saturated rings.